The molecule has 0 atom stereocenters. The van der Waals surface area contributed by atoms with Crippen molar-refractivity contribution in [3.8, 4) is 33.4 Å². The summed E-state index contributed by atoms with van der Waals surface area (Å²) >= 11 is 8.00. The number of thioether (sulfide) groups is 1. The highest BCUT2D eigenvalue weighted by Gasteiger charge is 2.02. The van der Waals surface area contributed by atoms with Crippen molar-refractivity contribution >= 4 is 65.8 Å². The van der Waals surface area contributed by atoms with Gasteiger partial charge in [0.2, 0.25) is 0 Å². The van der Waals surface area contributed by atoms with Crippen LogP contribution in [-0.2, 0) is 24.3 Å². The Kier molecular flexibility index (Phi) is 23.4. The lowest BCUT2D eigenvalue weighted by atomic mass is 10.0. The number of aliphatic hydroxyl groups excluding tert-OH is 2. The van der Waals surface area contributed by atoms with Gasteiger partial charge in [-0.2, -0.15) is 0 Å². The van der Waals surface area contributed by atoms with Gasteiger partial charge in [-0.25, -0.2) is 13.2 Å². The Hall–Kier alpha value is -4.49. The Morgan fingerprint density at radius 1 is 0.508 bits per heavy atom. The molecule has 7 aromatic carbocycles. The fourth-order valence-corrected chi connectivity index (χ4v) is 6.54. The Bertz CT molecular complexity index is 2210. The normalized spacial score (nSPS) is 9.81. The molecule has 59 heavy (non-hydrogen) atoms. The number of nitrogens with one attached hydrogen (secondary N) is 1. The zero-order valence-electron chi connectivity index (χ0n) is 31.2. The highest BCUT2D eigenvalue weighted by molar-refractivity contribution is 9.10. The van der Waals surface area contributed by atoms with Crippen LogP contribution in [0.1, 0.15) is 29.7 Å². The molecule has 11 heteroatoms. The van der Waals surface area contributed by atoms with Crippen molar-refractivity contribution in [2.45, 2.75) is 31.7 Å². The van der Waals surface area contributed by atoms with Gasteiger partial charge in [0.05, 0.1) is 13.2 Å². The predicted octanol–water partition coefficient (Wildman–Crippen LogP) is 14.1. The van der Waals surface area contributed by atoms with Crippen LogP contribution >= 0.6 is 60.6 Å². The third-order valence-corrected chi connectivity index (χ3v) is 10.0. The summed E-state index contributed by atoms with van der Waals surface area (Å²) in [6.45, 7) is 0.133. The zero-order chi connectivity index (χ0) is 41.0. The second kappa shape index (κ2) is 27.3. The molecule has 0 saturated heterocycles. The zero-order valence-corrected chi connectivity index (χ0v) is 36.9. The molecular weight excluding hydrogens is 965 g/mol. The van der Waals surface area contributed by atoms with Gasteiger partial charge in [-0.1, -0.05) is 166 Å². The van der Waals surface area contributed by atoms with Gasteiger partial charge in [0.15, 0.2) is 5.17 Å². The lowest BCUT2D eigenvalue weighted by molar-refractivity contribution is 0.281. The maximum Gasteiger partial charge on any atom is 0.151 e. The van der Waals surface area contributed by atoms with Crippen molar-refractivity contribution in [1.82, 2.24) is 0 Å². The van der Waals surface area contributed by atoms with E-state index in [0.29, 0.717) is 5.75 Å². The Morgan fingerprint density at radius 2 is 0.847 bits per heavy atom. The smallest absolute Gasteiger partial charge is 0.151 e. The number of rotatable bonds is 8. The van der Waals surface area contributed by atoms with Crippen LogP contribution in [0.5, 0.6) is 0 Å². The molecule has 308 valence electrons. The summed E-state index contributed by atoms with van der Waals surface area (Å²) in [6, 6.07) is 50.6. The highest BCUT2D eigenvalue weighted by Crippen LogP contribution is 2.24. The largest absolute Gasteiger partial charge is 0.392 e. The fourth-order valence-electron chi connectivity index (χ4n) is 5.25. The van der Waals surface area contributed by atoms with Crippen molar-refractivity contribution in [2.75, 3.05) is 0 Å². The molecule has 0 amide bonds. The summed E-state index contributed by atoms with van der Waals surface area (Å²) in [5.74, 6) is -0.000760. The van der Waals surface area contributed by atoms with Gasteiger partial charge in [-0.3, -0.25) is 5.41 Å². The number of amidine groups is 1. The molecule has 0 aromatic heterocycles. The summed E-state index contributed by atoms with van der Waals surface area (Å²) in [6.07, 6.45) is 0. The van der Waals surface area contributed by atoms with Gasteiger partial charge < -0.3 is 15.9 Å². The molecule has 7 rings (SSSR count). The Balaban J connectivity index is 0.000000274. The first kappa shape index (κ1) is 50.7. The minimum atomic E-state index is -0.239. The average Bonchev–Trinajstić information content (AvgIpc) is 3.24. The number of halogens is 6. The maximum absolute atomic E-state index is 12.9. The maximum atomic E-state index is 12.9. The molecule has 0 saturated carbocycles. The molecule has 0 unspecified atom stereocenters. The van der Waals surface area contributed by atoms with Crippen molar-refractivity contribution < 1.29 is 23.4 Å². The van der Waals surface area contributed by atoms with Crippen LogP contribution in [-0.4, -0.2) is 15.4 Å². The lowest BCUT2D eigenvalue weighted by Crippen LogP contribution is -2.03. The van der Waals surface area contributed by atoms with E-state index >= 15 is 0 Å². The molecule has 0 spiro atoms. The summed E-state index contributed by atoms with van der Waals surface area (Å²) in [5.41, 5.74) is 15.5. The van der Waals surface area contributed by atoms with Gasteiger partial charge in [0.25, 0.3) is 0 Å². The second-order valence-electron chi connectivity index (χ2n) is 12.4. The summed E-state index contributed by atoms with van der Waals surface area (Å²) in [7, 11) is 0. The summed E-state index contributed by atoms with van der Waals surface area (Å²) in [5, 5.41) is 25.8. The topological polar surface area (TPSA) is 90.3 Å². The first-order valence-electron chi connectivity index (χ1n) is 17.6. The van der Waals surface area contributed by atoms with E-state index in [2.05, 4.69) is 44.0 Å². The molecule has 5 N–H and O–H groups in total. The van der Waals surface area contributed by atoms with E-state index in [9.17, 15) is 13.2 Å². The van der Waals surface area contributed by atoms with E-state index in [1.807, 2.05) is 84.9 Å². The number of hydrogen-bond donors (Lipinski definition) is 4. The number of nitrogens with two attached hydrogens (primary N) is 1. The molecule has 0 radical (unpaired) electrons. The van der Waals surface area contributed by atoms with Crippen LogP contribution in [0, 0.1) is 22.9 Å². The number of aliphatic hydroxyl groups is 2. The minimum absolute atomic E-state index is 0. The first-order valence-corrected chi connectivity index (χ1v) is 20.5. The third kappa shape index (κ3) is 18.1. The molecule has 0 aliphatic carbocycles. The van der Waals surface area contributed by atoms with Crippen molar-refractivity contribution in [3.05, 3.63) is 214 Å². The average molecular weight is 1010 g/mol. The minimum Gasteiger partial charge on any atom is -0.392 e. The van der Waals surface area contributed by atoms with E-state index in [1.165, 1.54) is 53.7 Å². The van der Waals surface area contributed by atoms with E-state index in [4.69, 9.17) is 21.4 Å². The second-order valence-corrected chi connectivity index (χ2v) is 14.8. The van der Waals surface area contributed by atoms with Crippen LogP contribution in [0.3, 0.4) is 0 Å². The molecule has 7 aromatic rings. The van der Waals surface area contributed by atoms with E-state index in [-0.39, 0.29) is 60.2 Å². The van der Waals surface area contributed by atoms with Crippen LogP contribution in [0.15, 0.2) is 174 Å². The monoisotopic (exact) mass is 1010 g/mol. The number of hydrogen-bond acceptors (Lipinski definition) is 4. The van der Waals surface area contributed by atoms with Gasteiger partial charge in [0.1, 0.15) is 17.5 Å². The van der Waals surface area contributed by atoms with Crippen LogP contribution in [0.4, 0.5) is 13.2 Å². The molecule has 4 nitrogen and oxygen atoms in total. The van der Waals surface area contributed by atoms with Crippen LogP contribution in [0.2, 0.25) is 0 Å². The molecule has 0 aliphatic heterocycles. The van der Waals surface area contributed by atoms with E-state index in [0.717, 1.165) is 59.9 Å². The number of benzene rings is 7. The Labute approximate surface area is 376 Å². The molecule has 0 aliphatic rings. The van der Waals surface area contributed by atoms with Gasteiger partial charge >= 0.3 is 0 Å². The first-order chi connectivity index (χ1) is 27.6. The standard InChI is InChI=1S/C14H13FN2S.C13H10BrF.C13H11FO.C7H7BrO.CH4.BrH/c15-13-6-4-11(5-7-13)12-3-1-2-10(8-12)9-18-14(16)17;14-9-10-2-1-3-12(8-10)11-4-6-13(15)7-5-11;14-13-6-4-11(5-7-13)12-3-1-2-10(8-12)9-15;8-7-3-1-2-6(4-7)5-9;;/h1-8H,9H2,(H3,16,17);1-8H,9H2;1-8,15H,9H2;1-4,9H,5H2;1H4;1H. The van der Waals surface area contributed by atoms with Crippen molar-refractivity contribution in [1.29, 1.82) is 5.41 Å². The molecular formula is C48H46Br3F3N2O2S. The SMILES string of the molecule is Br.C.Fc1ccc(-c2cccc(CBr)c2)cc1.N=C(N)SCc1cccc(-c2ccc(F)cc2)c1.OCc1cccc(-c2ccc(F)cc2)c1.OCc1cccc(Br)c1. The van der Waals surface area contributed by atoms with Crippen molar-refractivity contribution in [3.63, 3.8) is 0 Å². The summed E-state index contributed by atoms with van der Waals surface area (Å²) < 4.78 is 39.3. The number of alkyl halides is 1. The van der Waals surface area contributed by atoms with Crippen molar-refractivity contribution in [2.24, 2.45) is 5.73 Å². The molecule has 0 fully saturated rings. The fraction of sp³-hybridized carbons (Fsp3) is 0.104. The predicted molar refractivity (Wildman–Crippen MR) is 254 cm³/mol. The van der Waals surface area contributed by atoms with Gasteiger partial charge in [-0.05, 0) is 110 Å². The quantitative estimate of drug-likeness (QED) is 0.0694. The summed E-state index contributed by atoms with van der Waals surface area (Å²) in [4.78, 5) is 0. The van der Waals surface area contributed by atoms with Crippen LogP contribution < -0.4 is 5.73 Å². The van der Waals surface area contributed by atoms with E-state index < -0.39 is 0 Å². The Morgan fingerprint density at radius 3 is 1.20 bits per heavy atom. The van der Waals surface area contributed by atoms with Gasteiger partial charge in [0, 0.05) is 15.6 Å². The van der Waals surface area contributed by atoms with Crippen LogP contribution in [0.25, 0.3) is 33.4 Å². The molecule has 0 bridgehead atoms. The lowest BCUT2D eigenvalue weighted by Gasteiger charge is -2.05. The van der Waals surface area contributed by atoms with E-state index in [1.54, 1.807) is 36.4 Å². The van der Waals surface area contributed by atoms with Gasteiger partial charge in [-0.15, -0.1) is 17.0 Å². The highest BCUT2D eigenvalue weighted by atomic mass is 79.9. The molecule has 0 heterocycles. The third-order valence-electron chi connectivity index (χ3n) is 8.12.